The van der Waals surface area contributed by atoms with Crippen LogP contribution in [0.15, 0.2) is 18.2 Å². The van der Waals surface area contributed by atoms with E-state index in [1.165, 1.54) is 32.9 Å². The number of rotatable bonds is 17. The van der Waals surface area contributed by atoms with Crippen LogP contribution in [0.2, 0.25) is 0 Å². The van der Waals surface area contributed by atoms with E-state index in [4.69, 9.17) is 38.0 Å². The van der Waals surface area contributed by atoms with Crippen molar-refractivity contribution in [3.8, 4) is 5.75 Å². The number of carbonyl (C=O) groups excluding carboxylic acids is 5. The predicted octanol–water partition coefficient (Wildman–Crippen LogP) is 2.87. The fraction of sp³-hybridized carbons (Fsp3) is 0.656. The van der Waals surface area contributed by atoms with E-state index < -0.39 is 48.0 Å². The summed E-state index contributed by atoms with van der Waals surface area (Å²) in [5, 5.41) is 2.76. The normalized spacial score (nSPS) is 20.9. The summed E-state index contributed by atoms with van der Waals surface area (Å²) in [5.74, 6) is -2.19. The molecule has 1 aromatic rings. The molecule has 0 spiro atoms. The second kappa shape index (κ2) is 19.1. The Labute approximate surface area is 275 Å². The molecule has 264 valence electrons. The largest absolute Gasteiger partial charge is 0.461 e. The predicted molar refractivity (Wildman–Crippen MR) is 165 cm³/mol. The van der Waals surface area contributed by atoms with Crippen LogP contribution in [-0.2, 0) is 54.2 Å². The zero-order chi connectivity index (χ0) is 35.1. The summed E-state index contributed by atoms with van der Waals surface area (Å²) in [6, 6.07) is 4.66. The SMILES string of the molecule is CC(=O)OCc1ccc(O[C@@H]2O[C@H](C(C)=O)[C@@H](C)[C@H](C)[C@H]2OC(C)=O)c(C(=O)NCCOCCOCCONC(=O)OC(C)(C)C)c1. The van der Waals surface area contributed by atoms with Crippen LogP contribution in [-0.4, -0.2) is 93.4 Å². The van der Waals surface area contributed by atoms with Gasteiger partial charge in [0.05, 0.1) is 38.6 Å². The number of Topliss-reactive ketones (excluding diaryl/α,β-unsaturated/α-hetero) is 1. The fourth-order valence-electron chi connectivity index (χ4n) is 4.50. The average Bonchev–Trinajstić information content (AvgIpc) is 2.97. The summed E-state index contributed by atoms with van der Waals surface area (Å²) >= 11 is 0. The Balaban J connectivity index is 1.95. The molecule has 1 saturated heterocycles. The quantitative estimate of drug-likeness (QED) is 0.107. The van der Waals surface area contributed by atoms with Crippen LogP contribution in [0.25, 0.3) is 0 Å². The van der Waals surface area contributed by atoms with Gasteiger partial charge in [-0.3, -0.25) is 24.0 Å². The number of hydrogen-bond acceptors (Lipinski definition) is 13. The lowest BCUT2D eigenvalue weighted by Crippen LogP contribution is -2.55. The van der Waals surface area contributed by atoms with Gasteiger partial charge in [0.1, 0.15) is 24.1 Å². The Morgan fingerprint density at radius 3 is 2.15 bits per heavy atom. The van der Waals surface area contributed by atoms with Crippen molar-refractivity contribution in [2.75, 3.05) is 39.6 Å². The van der Waals surface area contributed by atoms with Gasteiger partial charge in [-0.2, -0.15) is 5.48 Å². The first-order valence-electron chi connectivity index (χ1n) is 15.4. The molecule has 0 saturated carbocycles. The Morgan fingerprint density at radius 1 is 0.872 bits per heavy atom. The minimum atomic E-state index is -1.17. The monoisotopic (exact) mass is 668 g/mol. The highest BCUT2D eigenvalue weighted by molar-refractivity contribution is 5.97. The van der Waals surface area contributed by atoms with Crippen molar-refractivity contribution in [3.05, 3.63) is 29.3 Å². The van der Waals surface area contributed by atoms with E-state index in [0.29, 0.717) is 5.56 Å². The van der Waals surface area contributed by atoms with Gasteiger partial charge in [0.15, 0.2) is 11.9 Å². The maximum absolute atomic E-state index is 13.3. The van der Waals surface area contributed by atoms with Crippen molar-refractivity contribution >= 4 is 29.7 Å². The molecular weight excluding hydrogens is 620 g/mol. The van der Waals surface area contributed by atoms with Gasteiger partial charge in [-0.1, -0.05) is 19.9 Å². The van der Waals surface area contributed by atoms with Gasteiger partial charge in [0, 0.05) is 26.3 Å². The van der Waals surface area contributed by atoms with E-state index in [0.717, 1.165) is 0 Å². The molecule has 0 radical (unpaired) electrons. The first-order valence-corrected chi connectivity index (χ1v) is 15.4. The number of ketones is 1. The average molecular weight is 669 g/mol. The number of carbonyl (C=O) groups is 5. The van der Waals surface area contributed by atoms with E-state index in [1.54, 1.807) is 26.8 Å². The van der Waals surface area contributed by atoms with Crippen molar-refractivity contribution in [3.63, 3.8) is 0 Å². The fourth-order valence-corrected chi connectivity index (χ4v) is 4.50. The third-order valence-electron chi connectivity index (χ3n) is 6.84. The standard InChI is InChI=1S/C32H48N2O13/c1-19-20(2)28(44-23(5)37)30(46-27(19)21(3)35)45-26-10-9-24(18-42-22(4)36)17-25(26)29(38)33-11-12-40-13-14-41-15-16-43-34-31(39)47-32(6,7)8/h9-10,17,19-20,27-28,30H,11-16,18H2,1-8H3,(H,33,38)(H,34,39)/t19-,20-,27-,28+,30+/m0/s1. The summed E-state index contributed by atoms with van der Waals surface area (Å²) in [6.45, 7) is 13.9. The molecule has 5 atom stereocenters. The Hall–Kier alpha value is -3.79. The van der Waals surface area contributed by atoms with Crippen molar-refractivity contribution < 1.29 is 62.0 Å². The molecule has 1 aromatic carbocycles. The summed E-state index contributed by atoms with van der Waals surface area (Å²) in [7, 11) is 0. The molecule has 15 nitrogen and oxygen atoms in total. The van der Waals surface area contributed by atoms with E-state index in [9.17, 15) is 24.0 Å². The number of nitrogens with one attached hydrogen (secondary N) is 2. The highest BCUT2D eigenvalue weighted by Gasteiger charge is 2.46. The van der Waals surface area contributed by atoms with Gasteiger partial charge >= 0.3 is 18.0 Å². The zero-order valence-electron chi connectivity index (χ0n) is 28.4. The summed E-state index contributed by atoms with van der Waals surface area (Å²) in [5.41, 5.74) is 2.16. The molecule has 1 fully saturated rings. The molecule has 2 amide bonds. The topological polar surface area (TPSA) is 183 Å². The van der Waals surface area contributed by atoms with Gasteiger partial charge < -0.3 is 38.5 Å². The minimum Gasteiger partial charge on any atom is -0.461 e. The van der Waals surface area contributed by atoms with Gasteiger partial charge in [0.2, 0.25) is 6.29 Å². The minimum absolute atomic E-state index is 0.0714. The smallest absolute Gasteiger partial charge is 0.431 e. The van der Waals surface area contributed by atoms with Crippen LogP contribution in [0.1, 0.15) is 71.3 Å². The van der Waals surface area contributed by atoms with Crippen LogP contribution in [0.4, 0.5) is 4.79 Å². The Bertz CT molecular complexity index is 1220. The van der Waals surface area contributed by atoms with Gasteiger partial charge in [-0.15, -0.1) is 0 Å². The molecule has 1 heterocycles. The molecule has 0 aromatic heterocycles. The van der Waals surface area contributed by atoms with E-state index >= 15 is 0 Å². The molecule has 47 heavy (non-hydrogen) atoms. The molecule has 0 unspecified atom stereocenters. The summed E-state index contributed by atoms with van der Waals surface area (Å²) in [4.78, 5) is 65.4. The second-order valence-electron chi connectivity index (χ2n) is 12.0. The van der Waals surface area contributed by atoms with Crippen LogP contribution < -0.4 is 15.5 Å². The molecular formula is C32H48N2O13. The first kappa shape index (κ1) is 39.4. The Morgan fingerprint density at radius 2 is 1.53 bits per heavy atom. The molecule has 0 bridgehead atoms. The lowest BCUT2D eigenvalue weighted by Gasteiger charge is -2.42. The summed E-state index contributed by atoms with van der Waals surface area (Å²) < 4.78 is 38.6. The Kier molecular flexibility index (Phi) is 16.0. The zero-order valence-corrected chi connectivity index (χ0v) is 28.4. The van der Waals surface area contributed by atoms with Crippen LogP contribution in [0.5, 0.6) is 5.75 Å². The van der Waals surface area contributed by atoms with Crippen molar-refractivity contribution in [1.29, 1.82) is 0 Å². The molecule has 0 aliphatic carbocycles. The number of esters is 2. The van der Waals surface area contributed by atoms with Crippen LogP contribution in [0.3, 0.4) is 0 Å². The van der Waals surface area contributed by atoms with Crippen molar-refractivity contribution in [1.82, 2.24) is 10.8 Å². The number of benzene rings is 1. The third-order valence-corrected chi connectivity index (χ3v) is 6.84. The number of hydrogen-bond donors (Lipinski definition) is 2. The molecule has 1 aliphatic heterocycles. The molecule has 15 heteroatoms. The third kappa shape index (κ3) is 14.2. The highest BCUT2D eigenvalue weighted by atomic mass is 16.7. The van der Waals surface area contributed by atoms with Crippen molar-refractivity contribution in [2.24, 2.45) is 11.8 Å². The maximum atomic E-state index is 13.3. The number of hydroxylamine groups is 1. The van der Waals surface area contributed by atoms with E-state index in [1.807, 2.05) is 13.8 Å². The molecule has 1 aliphatic rings. The maximum Gasteiger partial charge on any atom is 0.431 e. The van der Waals surface area contributed by atoms with Gasteiger partial charge in [-0.25, -0.2) is 4.79 Å². The summed E-state index contributed by atoms with van der Waals surface area (Å²) in [6.07, 6.45) is -3.52. The van der Waals surface area contributed by atoms with Crippen molar-refractivity contribution in [2.45, 2.75) is 86.1 Å². The lowest BCUT2D eigenvalue weighted by atomic mass is 9.82. The van der Waals surface area contributed by atoms with Crippen LogP contribution >= 0.6 is 0 Å². The number of amides is 2. The van der Waals surface area contributed by atoms with Gasteiger partial charge in [0.25, 0.3) is 5.91 Å². The van der Waals surface area contributed by atoms with E-state index in [-0.39, 0.29) is 75.1 Å². The number of ether oxygens (including phenoxy) is 7. The second-order valence-corrected chi connectivity index (χ2v) is 12.0. The lowest BCUT2D eigenvalue weighted by molar-refractivity contribution is -0.242. The molecule has 2 N–H and O–H groups in total. The van der Waals surface area contributed by atoms with Gasteiger partial charge in [-0.05, 0) is 51.3 Å². The first-order chi connectivity index (χ1) is 22.1. The highest BCUT2D eigenvalue weighted by Crippen LogP contribution is 2.35. The molecule has 2 rings (SSSR count). The van der Waals surface area contributed by atoms with E-state index in [2.05, 4.69) is 10.8 Å². The van der Waals surface area contributed by atoms with Crippen LogP contribution in [0, 0.1) is 11.8 Å².